The number of fused-ring (bicyclic) bond motifs is 1. The van der Waals surface area contributed by atoms with Gasteiger partial charge in [-0.05, 0) is 61.8 Å². The summed E-state index contributed by atoms with van der Waals surface area (Å²) in [5.74, 6) is -2.40. The highest BCUT2D eigenvalue weighted by Crippen LogP contribution is 2.38. The Bertz CT molecular complexity index is 794. The molecule has 0 radical (unpaired) electrons. The molecule has 0 spiro atoms. The van der Waals surface area contributed by atoms with E-state index in [9.17, 15) is 28.2 Å². The van der Waals surface area contributed by atoms with Crippen molar-refractivity contribution in [1.82, 2.24) is 4.72 Å². The van der Waals surface area contributed by atoms with Crippen LogP contribution in [0.2, 0.25) is 0 Å². The summed E-state index contributed by atoms with van der Waals surface area (Å²) in [5, 5.41) is 18.4. The second-order valence-corrected chi connectivity index (χ2v) is 7.77. The number of carboxylic acids is 2. The lowest BCUT2D eigenvalue weighted by atomic mass is 9.90. The van der Waals surface area contributed by atoms with Crippen LogP contribution in [0.1, 0.15) is 47.2 Å². The summed E-state index contributed by atoms with van der Waals surface area (Å²) in [7, 11) is -4.09. The molecular formula is C15H17NO6S. The number of aliphatic carboxylic acids is 1. The first-order valence-electron chi connectivity index (χ1n) is 7.42. The zero-order valence-corrected chi connectivity index (χ0v) is 13.1. The van der Waals surface area contributed by atoms with Crippen LogP contribution >= 0.6 is 0 Å². The van der Waals surface area contributed by atoms with E-state index >= 15 is 0 Å². The van der Waals surface area contributed by atoms with E-state index in [-0.39, 0.29) is 23.3 Å². The quantitative estimate of drug-likeness (QED) is 0.740. The van der Waals surface area contributed by atoms with Gasteiger partial charge in [-0.2, -0.15) is 4.72 Å². The first kappa shape index (κ1) is 15.9. The van der Waals surface area contributed by atoms with Gasteiger partial charge >= 0.3 is 11.9 Å². The van der Waals surface area contributed by atoms with Crippen LogP contribution in [0, 0.1) is 0 Å². The third kappa shape index (κ3) is 2.84. The summed E-state index contributed by atoms with van der Waals surface area (Å²) in [4.78, 5) is 22.4. The van der Waals surface area contributed by atoms with Gasteiger partial charge in [-0.15, -0.1) is 0 Å². The number of rotatable bonds is 5. The van der Waals surface area contributed by atoms with Crippen molar-refractivity contribution in [3.8, 4) is 0 Å². The van der Waals surface area contributed by atoms with Crippen molar-refractivity contribution >= 4 is 22.0 Å². The van der Waals surface area contributed by atoms with E-state index in [1.54, 1.807) is 0 Å². The molecule has 7 nitrogen and oxygen atoms in total. The Balaban J connectivity index is 2.09. The molecule has 0 saturated heterocycles. The van der Waals surface area contributed by atoms with Gasteiger partial charge < -0.3 is 10.2 Å². The molecule has 3 rings (SSSR count). The van der Waals surface area contributed by atoms with E-state index in [4.69, 9.17) is 0 Å². The Morgan fingerprint density at radius 1 is 1.09 bits per heavy atom. The van der Waals surface area contributed by atoms with E-state index in [2.05, 4.69) is 4.72 Å². The summed E-state index contributed by atoms with van der Waals surface area (Å²) >= 11 is 0. The third-order valence-electron chi connectivity index (χ3n) is 4.45. The molecule has 0 atom stereocenters. The van der Waals surface area contributed by atoms with Crippen LogP contribution in [0.25, 0.3) is 0 Å². The molecule has 124 valence electrons. The number of carboxylic acid groups (broad SMARTS) is 2. The molecule has 0 unspecified atom stereocenters. The van der Waals surface area contributed by atoms with Crippen LogP contribution in [0.3, 0.4) is 0 Å². The molecule has 1 saturated carbocycles. The molecule has 2 aliphatic rings. The van der Waals surface area contributed by atoms with Crippen LogP contribution in [0.4, 0.5) is 0 Å². The zero-order valence-electron chi connectivity index (χ0n) is 12.3. The highest BCUT2D eigenvalue weighted by molar-refractivity contribution is 7.89. The summed E-state index contributed by atoms with van der Waals surface area (Å²) in [6.07, 6.45) is 3.35. The largest absolute Gasteiger partial charge is 0.480 e. The fraction of sp³-hybridized carbons (Fsp3) is 0.467. The van der Waals surface area contributed by atoms with Gasteiger partial charge in [0.2, 0.25) is 10.0 Å². The van der Waals surface area contributed by atoms with Gasteiger partial charge in [-0.1, -0.05) is 0 Å². The third-order valence-corrected chi connectivity index (χ3v) is 6.05. The maximum absolute atomic E-state index is 12.7. The summed E-state index contributed by atoms with van der Waals surface area (Å²) in [6.45, 7) is 0. The van der Waals surface area contributed by atoms with Crippen LogP contribution in [0.15, 0.2) is 17.0 Å². The van der Waals surface area contributed by atoms with Gasteiger partial charge in [0.15, 0.2) is 0 Å². The number of aromatic carboxylic acids is 1. The van der Waals surface area contributed by atoms with E-state index < -0.39 is 27.5 Å². The number of hydrogen-bond donors (Lipinski definition) is 3. The van der Waals surface area contributed by atoms with E-state index in [1.807, 2.05) is 0 Å². The van der Waals surface area contributed by atoms with Gasteiger partial charge in [-0.3, -0.25) is 4.79 Å². The Kier molecular flexibility index (Phi) is 3.68. The highest BCUT2D eigenvalue weighted by atomic mass is 32.2. The van der Waals surface area contributed by atoms with E-state index in [0.717, 1.165) is 24.5 Å². The Morgan fingerprint density at radius 3 is 2.30 bits per heavy atom. The smallest absolute Gasteiger partial charge is 0.335 e. The number of aryl methyl sites for hydroxylation is 1. The van der Waals surface area contributed by atoms with E-state index in [1.165, 1.54) is 6.07 Å². The number of nitrogens with one attached hydrogen (secondary N) is 1. The van der Waals surface area contributed by atoms with Crippen molar-refractivity contribution in [2.45, 2.75) is 49.0 Å². The van der Waals surface area contributed by atoms with Crippen molar-refractivity contribution in [2.75, 3.05) is 0 Å². The minimum atomic E-state index is -4.09. The second-order valence-electron chi connectivity index (χ2n) is 6.12. The fourth-order valence-corrected chi connectivity index (χ4v) is 4.74. The summed E-state index contributed by atoms with van der Waals surface area (Å²) in [6, 6.07) is 2.65. The predicted octanol–water partition coefficient (Wildman–Crippen LogP) is 1.16. The molecule has 0 aromatic heterocycles. The molecule has 0 bridgehead atoms. The maximum Gasteiger partial charge on any atom is 0.335 e. The summed E-state index contributed by atoms with van der Waals surface area (Å²) < 4.78 is 27.6. The number of benzene rings is 1. The second kappa shape index (κ2) is 5.31. The van der Waals surface area contributed by atoms with Crippen LogP contribution in [-0.4, -0.2) is 36.1 Å². The van der Waals surface area contributed by atoms with E-state index in [0.29, 0.717) is 18.4 Å². The molecular weight excluding hydrogens is 322 g/mol. The molecule has 23 heavy (non-hydrogen) atoms. The summed E-state index contributed by atoms with van der Waals surface area (Å²) in [5.41, 5.74) is -0.211. The lowest BCUT2D eigenvalue weighted by molar-refractivity contribution is -0.140. The van der Waals surface area contributed by atoms with Gasteiger partial charge in [0.05, 0.1) is 10.5 Å². The number of sulfonamides is 1. The molecule has 0 heterocycles. The van der Waals surface area contributed by atoms with Crippen molar-refractivity contribution in [2.24, 2.45) is 0 Å². The predicted molar refractivity (Wildman–Crippen MR) is 80.0 cm³/mol. The topological polar surface area (TPSA) is 121 Å². The number of carbonyl (C=O) groups is 2. The molecule has 1 aromatic carbocycles. The average molecular weight is 339 g/mol. The van der Waals surface area contributed by atoms with Crippen LogP contribution in [-0.2, 0) is 27.7 Å². The minimum absolute atomic E-state index is 0.0915. The lowest BCUT2D eigenvalue weighted by Crippen LogP contribution is -2.43. The van der Waals surface area contributed by atoms with Crippen molar-refractivity contribution in [3.05, 3.63) is 28.8 Å². The van der Waals surface area contributed by atoms with Gasteiger partial charge in [0.1, 0.15) is 5.54 Å². The lowest BCUT2D eigenvalue weighted by Gasteiger charge is -2.21. The molecule has 1 aromatic rings. The highest BCUT2D eigenvalue weighted by Gasteiger charge is 2.53. The minimum Gasteiger partial charge on any atom is -0.480 e. The Morgan fingerprint density at radius 2 is 1.74 bits per heavy atom. The van der Waals surface area contributed by atoms with Gasteiger partial charge in [-0.25, -0.2) is 13.2 Å². The molecule has 0 aliphatic heterocycles. The molecule has 2 aliphatic carbocycles. The molecule has 8 heteroatoms. The Labute approximate surface area is 133 Å². The van der Waals surface area contributed by atoms with Crippen molar-refractivity contribution < 1.29 is 28.2 Å². The molecule has 1 fully saturated rings. The van der Waals surface area contributed by atoms with Gasteiger partial charge in [0, 0.05) is 0 Å². The molecule has 0 amide bonds. The van der Waals surface area contributed by atoms with Gasteiger partial charge in [0.25, 0.3) is 0 Å². The zero-order chi connectivity index (χ0) is 16.8. The Hall–Kier alpha value is -1.93. The number of hydrogen-bond acceptors (Lipinski definition) is 4. The fourth-order valence-electron chi connectivity index (χ4n) is 2.99. The average Bonchev–Trinajstić information content (AvgIpc) is 3.26. The normalized spacial score (nSPS) is 19.0. The van der Waals surface area contributed by atoms with Crippen molar-refractivity contribution in [3.63, 3.8) is 0 Å². The van der Waals surface area contributed by atoms with Crippen LogP contribution < -0.4 is 4.72 Å². The first-order valence-corrected chi connectivity index (χ1v) is 8.90. The molecule has 3 N–H and O–H groups in total. The SMILES string of the molecule is O=C(O)c1cc2c(c(S(=O)(=O)NC3(C(=O)O)CC3)c1)CCCC2. The first-order chi connectivity index (χ1) is 10.8. The van der Waals surface area contributed by atoms with Crippen molar-refractivity contribution in [1.29, 1.82) is 0 Å². The maximum atomic E-state index is 12.7. The standard InChI is InChI=1S/C15H17NO6S/c17-13(18)10-7-9-3-1-2-4-11(9)12(8-10)23(21,22)16-15(5-6-15)14(19)20/h7-8,16H,1-6H2,(H,17,18)(H,19,20). The van der Waals surface area contributed by atoms with Crippen LogP contribution in [0.5, 0.6) is 0 Å². The monoisotopic (exact) mass is 339 g/mol.